The molecule has 0 saturated carbocycles. The number of hydrogen-bond donors (Lipinski definition) is 0. The van der Waals surface area contributed by atoms with Gasteiger partial charge in [0.2, 0.25) is 0 Å². The van der Waals surface area contributed by atoms with E-state index in [9.17, 15) is 0 Å². The fourth-order valence-electron chi connectivity index (χ4n) is 8.35. The number of fused-ring (bicyclic) bond motifs is 8. The van der Waals surface area contributed by atoms with Crippen LogP contribution in [0.4, 0.5) is 0 Å². The molecule has 242 valence electrons. The van der Waals surface area contributed by atoms with E-state index in [0.29, 0.717) is 0 Å². The van der Waals surface area contributed by atoms with Crippen molar-refractivity contribution in [2.75, 3.05) is 0 Å². The normalized spacial score (nSPS) is 11.8. The van der Waals surface area contributed by atoms with E-state index in [1.807, 2.05) is 0 Å². The largest absolute Gasteiger partial charge is 0.309 e. The van der Waals surface area contributed by atoms with Crippen molar-refractivity contribution in [3.8, 4) is 33.6 Å². The molecule has 0 radical (unpaired) electrons. The lowest BCUT2D eigenvalue weighted by Gasteiger charge is -2.10. The summed E-state index contributed by atoms with van der Waals surface area (Å²) in [5.41, 5.74) is 12.1. The lowest BCUT2D eigenvalue weighted by molar-refractivity contribution is 1.19. The van der Waals surface area contributed by atoms with E-state index < -0.39 is 0 Å². The van der Waals surface area contributed by atoms with Gasteiger partial charge in [-0.15, -0.1) is 0 Å². The third kappa shape index (κ3) is 4.44. The highest BCUT2D eigenvalue weighted by atomic mass is 15.0. The molecule has 0 saturated heterocycles. The molecule has 2 heterocycles. The molecule has 0 aliphatic carbocycles. The maximum atomic E-state index is 2.40. The third-order valence-corrected chi connectivity index (χ3v) is 10.9. The number of aromatic nitrogens is 2. The minimum atomic E-state index is 1.18. The van der Waals surface area contributed by atoms with Crippen LogP contribution in [0.3, 0.4) is 0 Å². The van der Waals surface area contributed by atoms with Gasteiger partial charge in [-0.3, -0.25) is 0 Å². The van der Waals surface area contributed by atoms with E-state index in [1.165, 1.54) is 98.8 Å². The van der Waals surface area contributed by atoms with Crippen molar-refractivity contribution in [3.05, 3.63) is 194 Å². The Labute approximate surface area is 301 Å². The topological polar surface area (TPSA) is 9.86 Å². The van der Waals surface area contributed by atoms with E-state index in [1.54, 1.807) is 0 Å². The highest BCUT2D eigenvalue weighted by Gasteiger charge is 2.16. The molecule has 0 aliphatic heterocycles. The van der Waals surface area contributed by atoms with Gasteiger partial charge in [0.05, 0.1) is 22.1 Å². The van der Waals surface area contributed by atoms with Crippen LogP contribution in [0.1, 0.15) is 0 Å². The molecule has 0 fully saturated rings. The first kappa shape index (κ1) is 28.9. The molecule has 11 rings (SSSR count). The third-order valence-electron chi connectivity index (χ3n) is 10.9. The quantitative estimate of drug-likeness (QED) is 0.178. The minimum absolute atomic E-state index is 1.18. The van der Waals surface area contributed by atoms with E-state index in [4.69, 9.17) is 0 Å². The molecule has 0 N–H and O–H groups in total. The van der Waals surface area contributed by atoms with Crippen molar-refractivity contribution in [2.45, 2.75) is 0 Å². The first-order valence-corrected chi connectivity index (χ1v) is 17.9. The monoisotopic (exact) mass is 660 g/mol. The summed E-state index contributed by atoms with van der Waals surface area (Å²) in [4.78, 5) is 0. The van der Waals surface area contributed by atoms with Crippen LogP contribution in [0.15, 0.2) is 194 Å². The average Bonchev–Trinajstić information content (AvgIpc) is 3.73. The smallest absolute Gasteiger partial charge is 0.0541 e. The lowest BCUT2D eigenvalue weighted by Crippen LogP contribution is -1.93. The molecule has 2 heteroatoms. The number of benzene rings is 9. The van der Waals surface area contributed by atoms with E-state index in [-0.39, 0.29) is 0 Å². The molecule has 0 bridgehead atoms. The molecule has 0 amide bonds. The zero-order valence-corrected chi connectivity index (χ0v) is 28.4. The van der Waals surface area contributed by atoms with Crippen molar-refractivity contribution >= 4 is 65.2 Å². The van der Waals surface area contributed by atoms with E-state index in [0.717, 1.165) is 0 Å². The van der Waals surface area contributed by atoms with Gasteiger partial charge in [-0.1, -0.05) is 133 Å². The maximum Gasteiger partial charge on any atom is 0.0541 e. The Balaban J connectivity index is 0.984. The Kier molecular flexibility index (Phi) is 6.28. The lowest BCUT2D eigenvalue weighted by atomic mass is 9.98. The van der Waals surface area contributed by atoms with Gasteiger partial charge in [0.15, 0.2) is 0 Å². The van der Waals surface area contributed by atoms with Crippen molar-refractivity contribution in [1.29, 1.82) is 0 Å². The van der Waals surface area contributed by atoms with Crippen LogP contribution < -0.4 is 0 Å². The summed E-state index contributed by atoms with van der Waals surface area (Å²) < 4.78 is 4.80. The summed E-state index contributed by atoms with van der Waals surface area (Å²) >= 11 is 0. The molecule has 9 aromatic carbocycles. The SMILES string of the molecule is c1ccc2cc(-n3c4ccccc4c4cc(-c5ccc(-c6ccc7c(c6)c6ccccc6n7-c6ccc7ccccc7c6)cc5)ccc43)ccc2c1. The summed E-state index contributed by atoms with van der Waals surface area (Å²) in [6.45, 7) is 0. The van der Waals surface area contributed by atoms with Crippen molar-refractivity contribution < 1.29 is 0 Å². The predicted octanol–water partition coefficient (Wildman–Crippen LogP) is 13.5. The summed E-state index contributed by atoms with van der Waals surface area (Å²) in [6, 6.07) is 71.1. The number of rotatable bonds is 4. The van der Waals surface area contributed by atoms with Gasteiger partial charge < -0.3 is 9.13 Å². The van der Waals surface area contributed by atoms with E-state index >= 15 is 0 Å². The zero-order chi connectivity index (χ0) is 34.2. The summed E-state index contributed by atoms with van der Waals surface area (Å²) in [5.74, 6) is 0. The highest BCUT2D eigenvalue weighted by molar-refractivity contribution is 6.12. The standard InChI is InChI=1S/C50H32N2/c1-3-11-37-29-41(25-21-33(37)9-1)51-47-15-7-5-13-43(47)45-31-39(23-27-49(45)51)35-17-19-36(20-18-35)40-24-28-50-46(32-40)44-14-6-8-16-48(44)52(50)42-26-22-34-10-2-4-12-38(34)30-42/h1-32H. The Morgan fingerprint density at radius 3 is 1.06 bits per heavy atom. The molecule has 0 aliphatic rings. The number of para-hydroxylation sites is 2. The van der Waals surface area contributed by atoms with Gasteiger partial charge in [0.25, 0.3) is 0 Å². The first-order chi connectivity index (χ1) is 25.8. The molecule has 2 aromatic heterocycles. The summed E-state index contributed by atoms with van der Waals surface area (Å²) in [7, 11) is 0. The average molecular weight is 661 g/mol. The fraction of sp³-hybridized carbons (Fsp3) is 0. The highest BCUT2D eigenvalue weighted by Crippen LogP contribution is 2.38. The van der Waals surface area contributed by atoms with Gasteiger partial charge in [-0.25, -0.2) is 0 Å². The Hall–Kier alpha value is -6.90. The Morgan fingerprint density at radius 1 is 0.231 bits per heavy atom. The van der Waals surface area contributed by atoms with Crippen molar-refractivity contribution in [2.24, 2.45) is 0 Å². The zero-order valence-electron chi connectivity index (χ0n) is 28.4. The molecule has 2 nitrogen and oxygen atoms in total. The van der Waals surface area contributed by atoms with Crippen LogP contribution in [0.5, 0.6) is 0 Å². The second kappa shape index (κ2) is 11.3. The fourth-order valence-corrected chi connectivity index (χ4v) is 8.35. The summed E-state index contributed by atoms with van der Waals surface area (Å²) in [6.07, 6.45) is 0. The van der Waals surface area contributed by atoms with Crippen molar-refractivity contribution in [1.82, 2.24) is 9.13 Å². The Bertz CT molecular complexity index is 2960. The van der Waals surface area contributed by atoms with Gasteiger partial charge >= 0.3 is 0 Å². The maximum absolute atomic E-state index is 2.40. The van der Waals surface area contributed by atoms with Crippen LogP contribution in [-0.2, 0) is 0 Å². The predicted molar refractivity (Wildman–Crippen MR) is 221 cm³/mol. The molecule has 0 atom stereocenters. The molecule has 52 heavy (non-hydrogen) atoms. The second-order valence-corrected chi connectivity index (χ2v) is 13.8. The molecule has 0 unspecified atom stereocenters. The molecular formula is C50H32N2. The van der Waals surface area contributed by atoms with Gasteiger partial charge in [-0.2, -0.15) is 0 Å². The van der Waals surface area contributed by atoms with Gasteiger partial charge in [0, 0.05) is 32.9 Å². The molecule has 11 aromatic rings. The van der Waals surface area contributed by atoms with Crippen LogP contribution >= 0.6 is 0 Å². The number of nitrogens with zero attached hydrogens (tertiary/aromatic N) is 2. The Morgan fingerprint density at radius 2 is 0.596 bits per heavy atom. The van der Waals surface area contributed by atoms with Crippen LogP contribution in [0.2, 0.25) is 0 Å². The van der Waals surface area contributed by atoms with Crippen molar-refractivity contribution in [3.63, 3.8) is 0 Å². The summed E-state index contributed by atoms with van der Waals surface area (Å²) in [5, 5.41) is 10.1. The van der Waals surface area contributed by atoms with Crippen LogP contribution in [0.25, 0.3) is 98.8 Å². The van der Waals surface area contributed by atoms with Crippen LogP contribution in [0, 0.1) is 0 Å². The van der Waals surface area contributed by atoms with Gasteiger partial charge in [-0.05, 0) is 104 Å². The second-order valence-electron chi connectivity index (χ2n) is 13.8. The molecule has 0 spiro atoms. The minimum Gasteiger partial charge on any atom is -0.309 e. The van der Waals surface area contributed by atoms with Gasteiger partial charge in [0.1, 0.15) is 0 Å². The number of hydrogen-bond acceptors (Lipinski definition) is 0. The first-order valence-electron chi connectivity index (χ1n) is 17.9. The van der Waals surface area contributed by atoms with Crippen LogP contribution in [-0.4, -0.2) is 9.13 Å². The van der Waals surface area contributed by atoms with E-state index in [2.05, 4.69) is 203 Å². The molecular weight excluding hydrogens is 629 g/mol.